The molecule has 0 saturated heterocycles. The van der Waals surface area contributed by atoms with Crippen LogP contribution in [0.2, 0.25) is 0 Å². The molecule has 1 aromatic carbocycles. The average Bonchev–Trinajstić information content (AvgIpc) is 3.08. The molecule has 0 radical (unpaired) electrons. The van der Waals surface area contributed by atoms with Gasteiger partial charge in [-0.1, -0.05) is 0 Å². The number of aryl methyl sites for hydroxylation is 1. The van der Waals surface area contributed by atoms with E-state index >= 15 is 0 Å². The summed E-state index contributed by atoms with van der Waals surface area (Å²) in [7, 11) is 0. The second-order valence-corrected chi connectivity index (χ2v) is 11.3. The van der Waals surface area contributed by atoms with Gasteiger partial charge in [-0.3, -0.25) is 0 Å². The third kappa shape index (κ3) is 3.92. The Bertz CT molecular complexity index is 682. The van der Waals surface area contributed by atoms with E-state index in [9.17, 15) is 0 Å². The number of unbranched alkanes of at least 4 members (excludes halogenated alkanes) is 3. The molecule has 2 heterocycles. The van der Waals surface area contributed by atoms with Gasteiger partial charge in [0, 0.05) is 0 Å². The molecular weight excluding hydrogens is 406 g/mol. The molecule has 3 heteroatoms. The van der Waals surface area contributed by atoms with E-state index in [0.29, 0.717) is 29.5 Å². The summed E-state index contributed by atoms with van der Waals surface area (Å²) in [6.45, 7) is 2.29. The average molecular weight is 426 g/mol. The van der Waals surface area contributed by atoms with E-state index < -0.39 is 0 Å². The van der Waals surface area contributed by atoms with Gasteiger partial charge in [0.1, 0.15) is 0 Å². The summed E-state index contributed by atoms with van der Waals surface area (Å²) in [5.41, 5.74) is 0. The molecule has 0 aliphatic rings. The Morgan fingerprint density at radius 3 is 2.71 bits per heavy atom. The molecule has 3 aromatic rings. The molecule has 0 fully saturated rings. The molecule has 110 valence electrons. The van der Waals surface area contributed by atoms with E-state index in [1.165, 1.54) is 36.6 Å². The van der Waals surface area contributed by atoms with E-state index in [1.807, 2.05) is 11.3 Å². The predicted molar refractivity (Wildman–Crippen MR) is 98.1 cm³/mol. The predicted octanol–water partition coefficient (Wildman–Crippen LogP) is 3.74. The zero-order valence-electron chi connectivity index (χ0n) is 12.3. The van der Waals surface area contributed by atoms with Crippen LogP contribution in [0.5, 0.6) is 0 Å². The van der Waals surface area contributed by atoms with Gasteiger partial charge in [0.15, 0.2) is 0 Å². The van der Waals surface area contributed by atoms with Gasteiger partial charge in [-0.2, -0.15) is 0 Å². The first kappa shape index (κ1) is 15.6. The van der Waals surface area contributed by atoms with Crippen molar-refractivity contribution in [1.29, 1.82) is 0 Å². The van der Waals surface area contributed by atoms with Gasteiger partial charge >= 0.3 is 144 Å². The molecule has 0 nitrogen and oxygen atoms in total. The normalized spacial score (nSPS) is 11.3. The van der Waals surface area contributed by atoms with Gasteiger partial charge in [-0.25, -0.2) is 0 Å². The second-order valence-electron chi connectivity index (χ2n) is 5.20. The number of hydrogen-bond donors (Lipinski definition) is 0. The molecule has 0 saturated carbocycles. The minimum absolute atomic E-state index is 0.482. The number of benzene rings is 1. The molecule has 0 aliphatic carbocycles. The Morgan fingerprint density at radius 2 is 1.90 bits per heavy atom. The summed E-state index contributed by atoms with van der Waals surface area (Å²) < 4.78 is 6.69. The quantitative estimate of drug-likeness (QED) is 0.399. The van der Waals surface area contributed by atoms with Gasteiger partial charge in [0.25, 0.3) is 0 Å². The van der Waals surface area contributed by atoms with Crippen LogP contribution in [0.3, 0.4) is 0 Å². The summed E-state index contributed by atoms with van der Waals surface area (Å²) in [5.74, 6) is 0. The van der Waals surface area contributed by atoms with Crippen molar-refractivity contribution < 1.29 is 0 Å². The van der Waals surface area contributed by atoms with Crippen LogP contribution in [0, 0.1) is 0 Å². The Morgan fingerprint density at radius 1 is 1.05 bits per heavy atom. The van der Waals surface area contributed by atoms with Gasteiger partial charge in [0.05, 0.1) is 0 Å². The number of hydrogen-bond acceptors (Lipinski definition) is 1. The van der Waals surface area contributed by atoms with E-state index in [1.54, 1.807) is 17.9 Å². The molecule has 0 atom stereocenters. The number of thiophene rings is 1. The van der Waals surface area contributed by atoms with Crippen LogP contribution in [-0.2, 0) is 6.42 Å². The summed E-state index contributed by atoms with van der Waals surface area (Å²) >= 11 is 3.06. The third-order valence-corrected chi connectivity index (χ3v) is 10.7. The van der Waals surface area contributed by atoms with Crippen molar-refractivity contribution in [1.82, 2.24) is 0 Å². The first-order valence-corrected chi connectivity index (χ1v) is 11.9. The van der Waals surface area contributed by atoms with Crippen LogP contribution in [0.25, 0.3) is 8.96 Å². The third-order valence-electron chi connectivity index (χ3n) is 3.56. The monoisotopic (exact) mass is 428 g/mol. The summed E-state index contributed by atoms with van der Waals surface area (Å²) in [6, 6.07) is 13.4. The molecule has 3 rings (SSSR count). The van der Waals surface area contributed by atoms with Crippen LogP contribution in [-0.4, -0.2) is 29.5 Å². The number of fused-ring (bicyclic) bond motifs is 1. The van der Waals surface area contributed by atoms with E-state index in [0.717, 1.165) is 0 Å². The van der Waals surface area contributed by atoms with Crippen LogP contribution in [0.4, 0.5) is 0 Å². The summed E-state index contributed by atoms with van der Waals surface area (Å²) in [4.78, 5) is 0. The maximum atomic E-state index is 2.36. The zero-order valence-corrected chi connectivity index (χ0v) is 16.5. The standard InChI is InChI=1S/C18H20SSe2/c1-2-3-4-8-11-16-17(15-12-13-19-18(15)21-16)20-14-9-6-5-7-10-14/h5-7,9-10,12-13H,2-4,8,11H2,1H3. The molecular formula is C18H20SSe2. The van der Waals surface area contributed by atoms with Crippen LogP contribution >= 0.6 is 11.3 Å². The zero-order chi connectivity index (χ0) is 14.5. The van der Waals surface area contributed by atoms with Gasteiger partial charge < -0.3 is 0 Å². The molecule has 0 aliphatic heterocycles. The van der Waals surface area contributed by atoms with Crippen LogP contribution < -0.4 is 8.92 Å². The molecule has 0 N–H and O–H groups in total. The Kier molecular flexibility index (Phi) is 5.80. The van der Waals surface area contributed by atoms with Crippen molar-refractivity contribution >= 4 is 58.7 Å². The van der Waals surface area contributed by atoms with Crippen LogP contribution in [0.15, 0.2) is 41.8 Å². The topological polar surface area (TPSA) is 0 Å². The van der Waals surface area contributed by atoms with E-state index in [4.69, 9.17) is 0 Å². The van der Waals surface area contributed by atoms with Gasteiger partial charge in [-0.15, -0.1) is 0 Å². The van der Waals surface area contributed by atoms with Crippen molar-refractivity contribution in [3.8, 4) is 0 Å². The summed E-state index contributed by atoms with van der Waals surface area (Å²) in [6.07, 6.45) is 6.84. The van der Waals surface area contributed by atoms with Crippen molar-refractivity contribution in [2.24, 2.45) is 0 Å². The SMILES string of the molecule is CCCCCCc1[se]c2sccc2c1[Se]c1ccccc1. The molecule has 0 amide bonds. The van der Waals surface area contributed by atoms with E-state index in [-0.39, 0.29) is 0 Å². The Labute approximate surface area is 143 Å². The second kappa shape index (κ2) is 7.81. The van der Waals surface area contributed by atoms with Crippen molar-refractivity contribution in [3.05, 3.63) is 46.2 Å². The fourth-order valence-electron chi connectivity index (χ4n) is 2.45. The first-order chi connectivity index (χ1) is 10.4. The number of rotatable bonds is 7. The fraction of sp³-hybridized carbons (Fsp3) is 0.333. The molecule has 0 spiro atoms. The van der Waals surface area contributed by atoms with Crippen molar-refractivity contribution in [3.63, 3.8) is 0 Å². The van der Waals surface area contributed by atoms with Crippen molar-refractivity contribution in [2.75, 3.05) is 0 Å². The van der Waals surface area contributed by atoms with Crippen molar-refractivity contribution in [2.45, 2.75) is 39.0 Å². The fourth-order valence-corrected chi connectivity index (χ4v) is 9.83. The maximum absolute atomic E-state index is 2.36. The van der Waals surface area contributed by atoms with E-state index in [2.05, 4.69) is 48.7 Å². The first-order valence-electron chi connectivity index (χ1n) is 7.60. The summed E-state index contributed by atoms with van der Waals surface area (Å²) in [5, 5.41) is 3.87. The van der Waals surface area contributed by atoms with Gasteiger partial charge in [0.2, 0.25) is 0 Å². The van der Waals surface area contributed by atoms with Crippen LogP contribution in [0.1, 0.15) is 37.0 Å². The Hall–Kier alpha value is -0.301. The van der Waals surface area contributed by atoms with Gasteiger partial charge in [-0.05, 0) is 0 Å². The molecule has 0 bridgehead atoms. The molecule has 21 heavy (non-hydrogen) atoms. The molecule has 2 aromatic heterocycles. The Balaban J connectivity index is 1.82. The molecule has 0 unspecified atom stereocenters. The minimum atomic E-state index is 0.482.